The van der Waals surface area contributed by atoms with Crippen LogP contribution in [0.1, 0.15) is 19.4 Å². The van der Waals surface area contributed by atoms with Gasteiger partial charge >= 0.3 is 0 Å². The predicted molar refractivity (Wildman–Crippen MR) is 76.9 cm³/mol. The Morgan fingerprint density at radius 1 is 1.11 bits per heavy atom. The molecule has 4 heteroatoms. The third-order valence-corrected chi connectivity index (χ3v) is 2.40. The maximum Gasteiger partial charge on any atom is 0.151 e. The molecule has 0 aliphatic carbocycles. The number of rotatable bonds is 2. The standard InChI is InChI=1S/C12H8BrFN2.C2H6/c13-10-3-6-12(16-8-10)15-7-9-1-4-11(14)5-2-9;1-2/h1-8H;1-2H3. The molecule has 1 aromatic heterocycles. The molecule has 0 aliphatic heterocycles. The summed E-state index contributed by atoms with van der Waals surface area (Å²) in [7, 11) is 0. The molecule has 0 unspecified atom stereocenters. The second kappa shape index (κ2) is 7.71. The second-order valence-electron chi connectivity index (χ2n) is 3.14. The molecule has 0 atom stereocenters. The Balaban J connectivity index is 0.000000771. The second-order valence-corrected chi connectivity index (χ2v) is 4.06. The fourth-order valence-corrected chi connectivity index (χ4v) is 1.37. The van der Waals surface area contributed by atoms with E-state index in [1.165, 1.54) is 12.1 Å². The van der Waals surface area contributed by atoms with E-state index in [9.17, 15) is 4.39 Å². The van der Waals surface area contributed by atoms with Crippen LogP contribution < -0.4 is 0 Å². The van der Waals surface area contributed by atoms with Crippen LogP contribution in [0.5, 0.6) is 0 Å². The van der Waals surface area contributed by atoms with E-state index in [1.807, 2.05) is 19.9 Å². The molecule has 0 saturated carbocycles. The topological polar surface area (TPSA) is 25.2 Å². The van der Waals surface area contributed by atoms with E-state index in [2.05, 4.69) is 25.9 Å². The summed E-state index contributed by atoms with van der Waals surface area (Å²) in [6, 6.07) is 9.79. The average Bonchev–Trinajstić information content (AvgIpc) is 2.42. The number of halogens is 2. The summed E-state index contributed by atoms with van der Waals surface area (Å²) in [6.07, 6.45) is 3.33. The summed E-state index contributed by atoms with van der Waals surface area (Å²) >= 11 is 3.29. The van der Waals surface area contributed by atoms with Crippen molar-refractivity contribution in [2.45, 2.75) is 13.8 Å². The number of pyridine rings is 1. The zero-order valence-electron chi connectivity index (χ0n) is 10.3. The smallest absolute Gasteiger partial charge is 0.151 e. The molecule has 18 heavy (non-hydrogen) atoms. The first-order chi connectivity index (χ1) is 8.74. The largest absolute Gasteiger partial charge is 0.237 e. The van der Waals surface area contributed by atoms with E-state index in [1.54, 1.807) is 30.6 Å². The van der Waals surface area contributed by atoms with Crippen molar-refractivity contribution >= 4 is 28.0 Å². The van der Waals surface area contributed by atoms with Gasteiger partial charge in [-0.15, -0.1) is 0 Å². The third kappa shape index (κ3) is 4.75. The van der Waals surface area contributed by atoms with Crippen LogP contribution in [-0.4, -0.2) is 11.2 Å². The van der Waals surface area contributed by atoms with Crippen molar-refractivity contribution in [2.24, 2.45) is 4.99 Å². The fraction of sp³-hybridized carbons (Fsp3) is 0.143. The van der Waals surface area contributed by atoms with Gasteiger partial charge in [0, 0.05) is 16.9 Å². The van der Waals surface area contributed by atoms with E-state index in [-0.39, 0.29) is 5.82 Å². The van der Waals surface area contributed by atoms with E-state index in [4.69, 9.17) is 0 Å². The Kier molecular flexibility index (Phi) is 6.22. The van der Waals surface area contributed by atoms with Gasteiger partial charge in [-0.05, 0) is 45.8 Å². The first kappa shape index (κ1) is 14.5. The summed E-state index contributed by atoms with van der Waals surface area (Å²) in [4.78, 5) is 8.26. The lowest BCUT2D eigenvalue weighted by Gasteiger charge is -1.94. The first-order valence-electron chi connectivity index (χ1n) is 5.65. The van der Waals surface area contributed by atoms with Gasteiger partial charge in [-0.25, -0.2) is 14.4 Å². The Labute approximate surface area is 115 Å². The molecule has 0 aliphatic rings. The number of nitrogens with zero attached hydrogens (tertiary/aromatic N) is 2. The third-order valence-electron chi connectivity index (χ3n) is 1.93. The van der Waals surface area contributed by atoms with Crippen LogP contribution in [0.3, 0.4) is 0 Å². The van der Waals surface area contributed by atoms with Gasteiger partial charge in [0.15, 0.2) is 5.82 Å². The zero-order chi connectivity index (χ0) is 13.4. The molecule has 0 radical (unpaired) electrons. The van der Waals surface area contributed by atoms with Crippen LogP contribution in [0.15, 0.2) is 52.1 Å². The first-order valence-corrected chi connectivity index (χ1v) is 6.44. The summed E-state index contributed by atoms with van der Waals surface area (Å²) in [5.41, 5.74) is 0.839. The maximum atomic E-state index is 12.6. The number of aliphatic imine (C=N–C) groups is 1. The van der Waals surface area contributed by atoms with Crippen LogP contribution in [-0.2, 0) is 0 Å². The SMILES string of the molecule is CC.Fc1ccc(C=Nc2ccc(Br)cn2)cc1. The predicted octanol–water partition coefficient (Wildman–Crippen LogP) is 4.76. The minimum Gasteiger partial charge on any atom is -0.237 e. The van der Waals surface area contributed by atoms with Gasteiger partial charge in [0.25, 0.3) is 0 Å². The van der Waals surface area contributed by atoms with E-state index >= 15 is 0 Å². The van der Waals surface area contributed by atoms with Gasteiger partial charge in [0.05, 0.1) is 0 Å². The van der Waals surface area contributed by atoms with Gasteiger partial charge in [-0.1, -0.05) is 26.0 Å². The van der Waals surface area contributed by atoms with Crippen molar-refractivity contribution in [1.29, 1.82) is 0 Å². The molecular formula is C14H14BrFN2. The minimum absolute atomic E-state index is 0.251. The lowest BCUT2D eigenvalue weighted by Crippen LogP contribution is -1.81. The summed E-state index contributed by atoms with van der Waals surface area (Å²) in [5.74, 6) is 0.367. The average molecular weight is 309 g/mol. The number of hydrogen-bond donors (Lipinski definition) is 0. The van der Waals surface area contributed by atoms with Gasteiger partial charge in [0.2, 0.25) is 0 Å². The fourth-order valence-electron chi connectivity index (χ4n) is 1.13. The highest BCUT2D eigenvalue weighted by Gasteiger charge is 1.92. The Hall–Kier alpha value is -1.55. The van der Waals surface area contributed by atoms with Crippen molar-refractivity contribution in [1.82, 2.24) is 4.98 Å². The van der Waals surface area contributed by atoms with Gasteiger partial charge < -0.3 is 0 Å². The van der Waals surface area contributed by atoms with Crippen molar-refractivity contribution in [3.8, 4) is 0 Å². The molecule has 2 nitrogen and oxygen atoms in total. The molecule has 2 rings (SSSR count). The lowest BCUT2D eigenvalue weighted by atomic mass is 10.2. The van der Waals surface area contributed by atoms with Gasteiger partial charge in [0.1, 0.15) is 5.82 Å². The molecule has 0 bridgehead atoms. The van der Waals surface area contributed by atoms with Crippen molar-refractivity contribution < 1.29 is 4.39 Å². The van der Waals surface area contributed by atoms with Crippen LogP contribution in [0.4, 0.5) is 10.2 Å². The molecule has 0 fully saturated rings. The van der Waals surface area contributed by atoms with E-state index < -0.39 is 0 Å². The Bertz CT molecular complexity index is 445. The highest BCUT2D eigenvalue weighted by atomic mass is 79.9. The minimum atomic E-state index is -0.251. The van der Waals surface area contributed by atoms with Crippen LogP contribution in [0.25, 0.3) is 0 Å². The Morgan fingerprint density at radius 3 is 2.33 bits per heavy atom. The van der Waals surface area contributed by atoms with E-state index in [0.29, 0.717) is 5.82 Å². The quantitative estimate of drug-likeness (QED) is 0.734. The zero-order valence-corrected chi connectivity index (χ0v) is 11.9. The monoisotopic (exact) mass is 308 g/mol. The molecule has 0 saturated heterocycles. The molecule has 0 spiro atoms. The lowest BCUT2D eigenvalue weighted by molar-refractivity contribution is 0.628. The van der Waals surface area contributed by atoms with Crippen LogP contribution in [0.2, 0.25) is 0 Å². The molecule has 1 heterocycles. The van der Waals surface area contributed by atoms with Crippen molar-refractivity contribution in [3.05, 3.63) is 58.4 Å². The van der Waals surface area contributed by atoms with Crippen LogP contribution in [0, 0.1) is 5.82 Å². The van der Waals surface area contributed by atoms with Crippen molar-refractivity contribution in [2.75, 3.05) is 0 Å². The highest BCUT2D eigenvalue weighted by molar-refractivity contribution is 9.10. The molecule has 0 amide bonds. The number of benzene rings is 1. The maximum absolute atomic E-state index is 12.6. The van der Waals surface area contributed by atoms with Crippen LogP contribution >= 0.6 is 15.9 Å². The van der Waals surface area contributed by atoms with Crippen molar-refractivity contribution in [3.63, 3.8) is 0 Å². The summed E-state index contributed by atoms with van der Waals surface area (Å²) < 4.78 is 13.5. The normalized spacial score (nSPS) is 10.0. The highest BCUT2D eigenvalue weighted by Crippen LogP contribution is 2.12. The van der Waals surface area contributed by atoms with E-state index in [0.717, 1.165) is 10.0 Å². The summed E-state index contributed by atoms with van der Waals surface area (Å²) in [5, 5.41) is 0. The van der Waals surface area contributed by atoms with Gasteiger partial charge in [-0.3, -0.25) is 0 Å². The molecule has 94 valence electrons. The Morgan fingerprint density at radius 2 is 1.78 bits per heavy atom. The summed E-state index contributed by atoms with van der Waals surface area (Å²) in [6.45, 7) is 4.00. The molecule has 1 aromatic carbocycles. The number of hydrogen-bond acceptors (Lipinski definition) is 2. The molecule has 0 N–H and O–H groups in total. The molecular weight excluding hydrogens is 295 g/mol. The number of aromatic nitrogens is 1. The van der Waals surface area contributed by atoms with Gasteiger partial charge in [-0.2, -0.15) is 0 Å². The molecule has 2 aromatic rings.